The molecule has 0 amide bonds. The highest BCUT2D eigenvalue weighted by atomic mass is 35.7. The summed E-state index contributed by atoms with van der Waals surface area (Å²) in [6.07, 6.45) is 9.42. The van der Waals surface area contributed by atoms with E-state index in [1.807, 2.05) is 12.1 Å². The number of fused-ring (bicyclic) bond motifs is 4. The lowest BCUT2D eigenvalue weighted by Crippen LogP contribution is -2.29. The number of rotatable bonds is 5. The molecule has 4 heterocycles. The van der Waals surface area contributed by atoms with Crippen LogP contribution in [0.3, 0.4) is 0 Å². The monoisotopic (exact) mass is 818 g/mol. The number of pyridine rings is 2. The van der Waals surface area contributed by atoms with Crippen molar-refractivity contribution in [3.8, 4) is 6.07 Å². The zero-order chi connectivity index (χ0) is 40.1. The van der Waals surface area contributed by atoms with Gasteiger partial charge >= 0.3 is 0 Å². The van der Waals surface area contributed by atoms with E-state index in [1.165, 1.54) is 70.6 Å². The molecule has 2 fully saturated rings. The van der Waals surface area contributed by atoms with Crippen LogP contribution in [-0.4, -0.2) is 39.9 Å². The van der Waals surface area contributed by atoms with Crippen LogP contribution in [0.4, 0.5) is 17.1 Å². The average Bonchev–Trinajstić information content (AvgIpc) is 4.14. The molecule has 10 rings (SSSR count). The SMILES string of the molecule is N#Cc1cc2c(c(C3CC3)c1)CCN2.O=c1[nH]ccc2c(S(=O)(=O)Cl)cccc12.[C-]#[N+]c1cc(C2CC2)c2c(c1)N(S(=O)(=O)c1cccc3c(=O)[nH]ccc13)CC2. The van der Waals surface area contributed by atoms with E-state index < -0.39 is 19.1 Å². The molecule has 57 heavy (non-hydrogen) atoms. The normalized spacial score (nSPS) is 15.6. The number of hydrogen-bond donors (Lipinski definition) is 3. The fourth-order valence-corrected chi connectivity index (χ4v) is 10.6. The molecule has 12 nitrogen and oxygen atoms in total. The topological polar surface area (TPSA) is 177 Å². The summed E-state index contributed by atoms with van der Waals surface area (Å²) < 4.78 is 50.9. The summed E-state index contributed by atoms with van der Waals surface area (Å²) >= 11 is 0. The highest BCUT2D eigenvalue weighted by molar-refractivity contribution is 8.14. The molecule has 0 atom stereocenters. The Morgan fingerprint density at radius 1 is 0.754 bits per heavy atom. The average molecular weight is 819 g/mol. The maximum absolute atomic E-state index is 13.6. The first-order chi connectivity index (χ1) is 27.4. The van der Waals surface area contributed by atoms with E-state index in [2.05, 4.69) is 32.3 Å². The van der Waals surface area contributed by atoms with Gasteiger partial charge in [0.15, 0.2) is 5.69 Å². The molecule has 2 saturated carbocycles. The van der Waals surface area contributed by atoms with Crippen molar-refractivity contribution in [2.45, 2.75) is 60.2 Å². The van der Waals surface area contributed by atoms with Gasteiger partial charge in [-0.2, -0.15) is 5.26 Å². The van der Waals surface area contributed by atoms with Gasteiger partial charge in [-0.15, -0.1) is 0 Å². The molecule has 3 N–H and O–H groups in total. The minimum atomic E-state index is -3.86. The molecule has 0 spiro atoms. The molecular formula is C42H35ClN6O6S2. The van der Waals surface area contributed by atoms with Crippen LogP contribution < -0.4 is 20.7 Å². The molecule has 0 unspecified atom stereocenters. The van der Waals surface area contributed by atoms with E-state index in [-0.39, 0.29) is 20.9 Å². The number of hydrogen-bond acceptors (Lipinski definition) is 8. The van der Waals surface area contributed by atoms with E-state index >= 15 is 0 Å². The van der Waals surface area contributed by atoms with Gasteiger partial charge in [0.05, 0.1) is 28.0 Å². The Labute approximate surface area is 333 Å². The van der Waals surface area contributed by atoms with Gasteiger partial charge in [0, 0.05) is 69.1 Å². The number of aromatic nitrogens is 2. The minimum Gasteiger partial charge on any atom is -0.384 e. The number of H-pyrrole nitrogens is 2. The summed E-state index contributed by atoms with van der Waals surface area (Å²) in [5.74, 6) is 1.19. The predicted molar refractivity (Wildman–Crippen MR) is 220 cm³/mol. The van der Waals surface area contributed by atoms with Crippen molar-refractivity contribution in [3.05, 3.63) is 145 Å². The van der Waals surface area contributed by atoms with Crippen molar-refractivity contribution in [2.24, 2.45) is 0 Å². The zero-order valence-corrected chi connectivity index (χ0v) is 32.8. The lowest BCUT2D eigenvalue weighted by Gasteiger charge is -2.21. The van der Waals surface area contributed by atoms with Crippen LogP contribution in [0.2, 0.25) is 0 Å². The minimum absolute atomic E-state index is 0.0484. The van der Waals surface area contributed by atoms with Gasteiger partial charge in [-0.1, -0.05) is 18.2 Å². The maximum Gasteiger partial charge on any atom is 0.264 e. The van der Waals surface area contributed by atoms with Crippen LogP contribution in [0.1, 0.15) is 65.3 Å². The number of halogens is 1. The summed E-state index contributed by atoms with van der Waals surface area (Å²) in [6, 6.07) is 22.2. The molecule has 15 heteroatoms. The van der Waals surface area contributed by atoms with Crippen molar-refractivity contribution in [1.29, 1.82) is 5.26 Å². The summed E-state index contributed by atoms with van der Waals surface area (Å²) in [4.78, 5) is 32.1. The first-order valence-electron chi connectivity index (χ1n) is 18.4. The predicted octanol–water partition coefficient (Wildman–Crippen LogP) is 7.57. The summed E-state index contributed by atoms with van der Waals surface area (Å²) in [5, 5.41) is 13.6. The van der Waals surface area contributed by atoms with E-state index in [4.69, 9.17) is 22.5 Å². The van der Waals surface area contributed by atoms with Gasteiger partial charge < -0.3 is 15.3 Å². The number of anilines is 2. The van der Waals surface area contributed by atoms with E-state index in [0.717, 1.165) is 48.4 Å². The van der Waals surface area contributed by atoms with Crippen LogP contribution in [0.15, 0.2) is 105 Å². The van der Waals surface area contributed by atoms with Crippen molar-refractivity contribution in [2.75, 3.05) is 22.7 Å². The van der Waals surface area contributed by atoms with Crippen LogP contribution in [0.25, 0.3) is 26.4 Å². The number of nitrogens with zero attached hydrogens (tertiary/aromatic N) is 3. The van der Waals surface area contributed by atoms with Crippen molar-refractivity contribution in [3.63, 3.8) is 0 Å². The van der Waals surface area contributed by atoms with Crippen molar-refractivity contribution >= 4 is 68.4 Å². The summed E-state index contributed by atoms with van der Waals surface area (Å²) in [6.45, 7) is 8.78. The van der Waals surface area contributed by atoms with Crippen molar-refractivity contribution < 1.29 is 16.8 Å². The Bertz CT molecular complexity index is 3050. The Kier molecular flexibility index (Phi) is 9.90. The molecule has 6 aromatic rings. The summed E-state index contributed by atoms with van der Waals surface area (Å²) in [7, 11) is -2.44. The van der Waals surface area contributed by atoms with Crippen LogP contribution in [0.5, 0.6) is 0 Å². The number of nitrogens with one attached hydrogen (secondary N) is 3. The molecule has 2 aliphatic heterocycles. The smallest absolute Gasteiger partial charge is 0.264 e. The largest absolute Gasteiger partial charge is 0.384 e. The Morgan fingerprint density at radius 2 is 1.35 bits per heavy atom. The molecule has 2 aromatic heterocycles. The molecule has 0 bridgehead atoms. The maximum atomic E-state index is 13.6. The quantitative estimate of drug-likeness (QED) is 0.118. The van der Waals surface area contributed by atoms with Gasteiger partial charge in [-0.25, -0.2) is 21.7 Å². The molecule has 2 aliphatic carbocycles. The van der Waals surface area contributed by atoms with Gasteiger partial charge in [-0.05, 0) is 127 Å². The lowest BCUT2D eigenvalue weighted by atomic mass is 9.98. The number of benzene rings is 4. The third-order valence-electron chi connectivity index (χ3n) is 10.7. The molecule has 0 radical (unpaired) electrons. The first kappa shape index (κ1) is 38.0. The van der Waals surface area contributed by atoms with E-state index in [0.29, 0.717) is 51.8 Å². The highest BCUT2D eigenvalue weighted by Gasteiger charge is 2.37. The first-order valence-corrected chi connectivity index (χ1v) is 22.2. The third kappa shape index (κ3) is 7.40. The zero-order valence-electron chi connectivity index (χ0n) is 30.4. The second-order valence-corrected chi connectivity index (χ2v) is 18.8. The Hall–Kier alpha value is -5.93. The van der Waals surface area contributed by atoms with Gasteiger partial charge in [0.2, 0.25) is 0 Å². The van der Waals surface area contributed by atoms with Crippen LogP contribution in [0, 0.1) is 17.9 Å². The highest BCUT2D eigenvalue weighted by Crippen LogP contribution is 2.48. The lowest BCUT2D eigenvalue weighted by molar-refractivity contribution is 0.593. The fourth-order valence-electron chi connectivity index (χ4n) is 7.78. The van der Waals surface area contributed by atoms with Gasteiger partial charge in [0.25, 0.3) is 30.2 Å². The molecule has 4 aromatic carbocycles. The number of sulfonamides is 1. The van der Waals surface area contributed by atoms with E-state index in [9.17, 15) is 26.4 Å². The Morgan fingerprint density at radius 3 is 1.93 bits per heavy atom. The molecular weight excluding hydrogens is 784 g/mol. The van der Waals surface area contributed by atoms with Gasteiger partial charge in [-0.3, -0.25) is 13.9 Å². The third-order valence-corrected chi connectivity index (χ3v) is 14.0. The molecule has 4 aliphatic rings. The number of nitriles is 1. The molecule has 288 valence electrons. The summed E-state index contributed by atoms with van der Waals surface area (Å²) in [5.41, 5.74) is 7.49. The molecule has 0 saturated heterocycles. The Balaban J connectivity index is 0.000000132. The van der Waals surface area contributed by atoms with Crippen LogP contribution in [-0.2, 0) is 31.9 Å². The standard InChI is InChI=1S/C21H17N3O3S.C12H12N2.C9H6ClNO3S/c1-22-14-11-18(13-5-6-13)15-8-10-24(19(15)12-14)28(26,27)20-4-2-3-17-16(20)7-9-23-21(17)25;13-7-8-5-11(9-1-2-9)10-3-4-14-12(10)6-8;10-15(13,14)8-3-1-2-7-6(8)4-5-11-9(7)12/h2-4,7,9,11-13H,5-6,8,10H2,(H,23,25);5-6,9,14H,1-4H2;1-5H,(H,11,12). The fraction of sp³-hybridized carbons (Fsp3) is 0.238. The van der Waals surface area contributed by atoms with Crippen molar-refractivity contribution in [1.82, 2.24) is 9.97 Å². The van der Waals surface area contributed by atoms with Gasteiger partial charge in [0.1, 0.15) is 0 Å². The second kappa shape index (κ2) is 14.9. The number of aromatic amines is 2. The van der Waals surface area contributed by atoms with Crippen LogP contribution >= 0.6 is 10.7 Å². The second-order valence-electron chi connectivity index (χ2n) is 14.4. The van der Waals surface area contributed by atoms with E-state index in [1.54, 1.807) is 30.3 Å².